The molecule has 168 valence electrons. The first-order valence-corrected chi connectivity index (χ1v) is 12.9. The summed E-state index contributed by atoms with van der Waals surface area (Å²) < 4.78 is 28.7. The van der Waals surface area contributed by atoms with Crippen LogP contribution in [0.1, 0.15) is 24.0 Å². The zero-order valence-corrected chi connectivity index (χ0v) is 19.7. The third-order valence-corrected chi connectivity index (χ3v) is 8.14. The van der Waals surface area contributed by atoms with Crippen molar-refractivity contribution in [2.24, 2.45) is 0 Å². The van der Waals surface area contributed by atoms with Gasteiger partial charge in [-0.25, -0.2) is 13.4 Å². The molecule has 1 aliphatic heterocycles. The molecule has 1 aromatic heterocycles. The van der Waals surface area contributed by atoms with Gasteiger partial charge in [-0.15, -0.1) is 0 Å². The zero-order valence-electron chi connectivity index (χ0n) is 18.1. The Labute approximate surface area is 192 Å². The average Bonchev–Trinajstić information content (AvgIpc) is 3.44. The second kappa shape index (κ2) is 9.48. The van der Waals surface area contributed by atoms with Crippen molar-refractivity contribution in [2.45, 2.75) is 36.7 Å². The Bertz CT molecular complexity index is 1190. The van der Waals surface area contributed by atoms with Gasteiger partial charge in [-0.05, 0) is 74.2 Å². The SMILES string of the molecule is Cc1cc(C)cc(-n2ccnc2SCC(=O)Nc2ccc(S(=O)(=O)N3CCCC3)cc2)c1. The molecule has 1 fully saturated rings. The molecule has 2 aromatic carbocycles. The molecule has 0 bridgehead atoms. The van der Waals surface area contributed by atoms with Crippen LogP contribution in [-0.4, -0.2) is 47.0 Å². The lowest BCUT2D eigenvalue weighted by Gasteiger charge is -2.15. The first kappa shape index (κ1) is 22.6. The van der Waals surface area contributed by atoms with Gasteiger partial charge >= 0.3 is 0 Å². The lowest BCUT2D eigenvalue weighted by atomic mass is 10.1. The van der Waals surface area contributed by atoms with Crippen molar-refractivity contribution >= 4 is 33.4 Å². The highest BCUT2D eigenvalue weighted by Crippen LogP contribution is 2.24. The first-order chi connectivity index (χ1) is 15.3. The smallest absolute Gasteiger partial charge is 0.243 e. The number of hydrogen-bond donors (Lipinski definition) is 1. The Balaban J connectivity index is 1.37. The molecular formula is C23H26N4O3S2. The van der Waals surface area contributed by atoms with Crippen molar-refractivity contribution in [1.29, 1.82) is 0 Å². The molecule has 1 saturated heterocycles. The fourth-order valence-corrected chi connectivity index (χ4v) is 6.09. The van der Waals surface area contributed by atoms with Crippen LogP contribution in [0.5, 0.6) is 0 Å². The van der Waals surface area contributed by atoms with Crippen molar-refractivity contribution in [2.75, 3.05) is 24.2 Å². The number of nitrogens with one attached hydrogen (secondary N) is 1. The van der Waals surface area contributed by atoms with Gasteiger partial charge in [-0.2, -0.15) is 4.31 Å². The van der Waals surface area contributed by atoms with Crippen LogP contribution < -0.4 is 5.32 Å². The monoisotopic (exact) mass is 470 g/mol. The van der Waals surface area contributed by atoms with E-state index >= 15 is 0 Å². The van der Waals surface area contributed by atoms with Gasteiger partial charge < -0.3 is 5.32 Å². The highest BCUT2D eigenvalue weighted by Gasteiger charge is 2.26. The summed E-state index contributed by atoms with van der Waals surface area (Å²) in [6, 6.07) is 12.6. The Morgan fingerprint density at radius 1 is 1.06 bits per heavy atom. The fourth-order valence-electron chi connectivity index (χ4n) is 3.80. The molecular weight excluding hydrogens is 444 g/mol. The lowest BCUT2D eigenvalue weighted by molar-refractivity contribution is -0.113. The Kier molecular flexibility index (Phi) is 6.68. The van der Waals surface area contributed by atoms with Gasteiger partial charge in [0, 0.05) is 36.9 Å². The second-order valence-electron chi connectivity index (χ2n) is 7.90. The highest BCUT2D eigenvalue weighted by molar-refractivity contribution is 7.99. The summed E-state index contributed by atoms with van der Waals surface area (Å²) in [5.41, 5.74) is 3.90. The molecule has 2 heterocycles. The van der Waals surface area contributed by atoms with E-state index in [-0.39, 0.29) is 16.6 Å². The van der Waals surface area contributed by atoms with E-state index in [1.807, 2.05) is 10.8 Å². The number of imidazole rings is 1. The molecule has 0 atom stereocenters. The molecule has 0 spiro atoms. The third kappa shape index (κ3) is 5.06. The molecule has 0 saturated carbocycles. The number of anilines is 1. The molecule has 1 amide bonds. The van der Waals surface area contributed by atoms with Gasteiger partial charge in [-0.3, -0.25) is 9.36 Å². The van der Waals surface area contributed by atoms with Crippen LogP contribution in [0.15, 0.2) is 64.9 Å². The van der Waals surface area contributed by atoms with Gasteiger partial charge in [-0.1, -0.05) is 17.8 Å². The molecule has 3 aromatic rings. The van der Waals surface area contributed by atoms with Crippen LogP contribution in [0.3, 0.4) is 0 Å². The largest absolute Gasteiger partial charge is 0.325 e. The quantitative estimate of drug-likeness (QED) is 0.528. The Morgan fingerprint density at radius 3 is 2.38 bits per heavy atom. The maximum absolute atomic E-state index is 12.6. The highest BCUT2D eigenvalue weighted by atomic mass is 32.2. The summed E-state index contributed by atoms with van der Waals surface area (Å²) in [6.07, 6.45) is 5.39. The van der Waals surface area contributed by atoms with E-state index < -0.39 is 10.0 Å². The lowest BCUT2D eigenvalue weighted by Crippen LogP contribution is -2.27. The minimum Gasteiger partial charge on any atom is -0.325 e. The third-order valence-electron chi connectivity index (χ3n) is 5.26. The number of rotatable bonds is 7. The summed E-state index contributed by atoms with van der Waals surface area (Å²) in [7, 11) is -3.46. The molecule has 9 heteroatoms. The summed E-state index contributed by atoms with van der Waals surface area (Å²) >= 11 is 1.35. The number of nitrogens with zero attached hydrogens (tertiary/aromatic N) is 3. The number of carbonyl (C=O) groups is 1. The number of aromatic nitrogens is 2. The van der Waals surface area contributed by atoms with E-state index in [1.165, 1.54) is 16.1 Å². The normalized spacial score (nSPS) is 14.6. The van der Waals surface area contributed by atoms with Gasteiger partial charge in [0.05, 0.1) is 10.6 Å². The minimum absolute atomic E-state index is 0.180. The van der Waals surface area contributed by atoms with Crippen molar-refractivity contribution in [3.63, 3.8) is 0 Å². The Hall–Kier alpha value is -2.62. The average molecular weight is 471 g/mol. The van der Waals surface area contributed by atoms with E-state index in [4.69, 9.17) is 0 Å². The summed E-state index contributed by atoms with van der Waals surface area (Å²) in [5, 5.41) is 3.56. The van der Waals surface area contributed by atoms with Gasteiger partial charge in [0.2, 0.25) is 15.9 Å². The van der Waals surface area contributed by atoms with E-state index in [0.29, 0.717) is 18.8 Å². The van der Waals surface area contributed by atoms with Crippen LogP contribution >= 0.6 is 11.8 Å². The van der Waals surface area contributed by atoms with Gasteiger partial charge in [0.15, 0.2) is 5.16 Å². The van der Waals surface area contributed by atoms with Crippen molar-refractivity contribution in [3.8, 4) is 5.69 Å². The van der Waals surface area contributed by atoms with Crippen molar-refractivity contribution < 1.29 is 13.2 Å². The number of benzene rings is 2. The molecule has 4 rings (SSSR count). The van der Waals surface area contributed by atoms with Crippen molar-refractivity contribution in [3.05, 3.63) is 66.0 Å². The van der Waals surface area contributed by atoms with E-state index in [9.17, 15) is 13.2 Å². The molecule has 0 radical (unpaired) electrons. The molecule has 7 nitrogen and oxygen atoms in total. The standard InChI is InChI=1S/C23H26N4O3S2/c1-17-13-18(2)15-20(14-17)27-12-9-24-23(27)31-16-22(28)25-19-5-7-21(8-6-19)32(29,30)26-10-3-4-11-26/h5-9,12-15H,3-4,10-11,16H2,1-2H3,(H,25,28). The van der Waals surface area contributed by atoms with Gasteiger partial charge in [0.25, 0.3) is 0 Å². The first-order valence-electron chi connectivity index (χ1n) is 10.5. The number of amides is 1. The van der Waals surface area contributed by atoms with Crippen molar-refractivity contribution in [1.82, 2.24) is 13.9 Å². The summed E-state index contributed by atoms with van der Waals surface area (Å²) in [5.74, 6) is 0.00968. The maximum atomic E-state index is 12.6. The topological polar surface area (TPSA) is 84.3 Å². The van der Waals surface area contributed by atoms with E-state index in [1.54, 1.807) is 30.5 Å². The van der Waals surface area contributed by atoms with Crippen LogP contribution in [0.2, 0.25) is 0 Å². The van der Waals surface area contributed by atoms with Crippen LogP contribution in [0.4, 0.5) is 5.69 Å². The molecule has 32 heavy (non-hydrogen) atoms. The van der Waals surface area contributed by atoms with E-state index in [0.717, 1.165) is 34.8 Å². The number of aryl methyl sites for hydroxylation is 2. The number of sulfonamides is 1. The number of carbonyl (C=O) groups excluding carboxylic acids is 1. The molecule has 1 N–H and O–H groups in total. The molecule has 1 aliphatic rings. The Morgan fingerprint density at radius 2 is 1.72 bits per heavy atom. The maximum Gasteiger partial charge on any atom is 0.243 e. The zero-order chi connectivity index (χ0) is 22.7. The number of thioether (sulfide) groups is 1. The summed E-state index contributed by atoms with van der Waals surface area (Å²) in [4.78, 5) is 17.1. The second-order valence-corrected chi connectivity index (χ2v) is 10.8. The van der Waals surface area contributed by atoms with Gasteiger partial charge in [0.1, 0.15) is 0 Å². The van der Waals surface area contributed by atoms with Crippen LogP contribution in [-0.2, 0) is 14.8 Å². The van der Waals surface area contributed by atoms with E-state index in [2.05, 4.69) is 42.3 Å². The summed E-state index contributed by atoms with van der Waals surface area (Å²) in [6.45, 7) is 5.23. The fraction of sp³-hybridized carbons (Fsp3) is 0.304. The molecule has 0 aliphatic carbocycles. The predicted molar refractivity (Wildman–Crippen MR) is 127 cm³/mol. The minimum atomic E-state index is -3.46. The predicted octanol–water partition coefficient (Wildman–Crippen LogP) is 4.00. The molecule has 0 unspecified atom stereocenters. The van der Waals surface area contributed by atoms with Crippen LogP contribution in [0.25, 0.3) is 5.69 Å². The number of hydrogen-bond acceptors (Lipinski definition) is 5. The van der Waals surface area contributed by atoms with Crippen LogP contribution in [0, 0.1) is 13.8 Å².